The fourth-order valence-corrected chi connectivity index (χ4v) is 3.75. The maximum absolute atomic E-state index is 13.3. The number of carbonyl (C=O) groups is 1. The number of imidazole rings is 1. The smallest absolute Gasteiger partial charge is 0.340 e. The van der Waals surface area contributed by atoms with Gasteiger partial charge in [-0.15, -0.1) is 0 Å². The molecule has 0 bridgehead atoms. The van der Waals surface area contributed by atoms with Crippen molar-refractivity contribution in [3.8, 4) is 0 Å². The summed E-state index contributed by atoms with van der Waals surface area (Å²) in [6.45, 7) is 1.56. The minimum absolute atomic E-state index is 0.000128. The molecule has 4 rings (SSSR count). The van der Waals surface area contributed by atoms with Gasteiger partial charge in [0.1, 0.15) is 5.69 Å². The molecular weight excluding hydrogens is 427 g/mol. The Hall–Kier alpha value is -3.32. The van der Waals surface area contributed by atoms with Crippen LogP contribution in [0.15, 0.2) is 72.9 Å². The number of rotatable bonds is 4. The van der Waals surface area contributed by atoms with Crippen molar-refractivity contribution in [3.05, 3.63) is 106 Å². The maximum atomic E-state index is 13.3. The van der Waals surface area contributed by atoms with Crippen molar-refractivity contribution >= 4 is 23.2 Å². The van der Waals surface area contributed by atoms with Crippen LogP contribution in [0.5, 0.6) is 0 Å². The van der Waals surface area contributed by atoms with E-state index in [1.54, 1.807) is 6.92 Å². The van der Waals surface area contributed by atoms with Gasteiger partial charge in [-0.25, -0.2) is 4.98 Å². The molecule has 0 fully saturated rings. The lowest BCUT2D eigenvalue weighted by Crippen LogP contribution is -2.30. The minimum atomic E-state index is -4.61. The number of pyridine rings is 1. The van der Waals surface area contributed by atoms with E-state index in [1.165, 1.54) is 0 Å². The lowest BCUT2D eigenvalue weighted by atomic mass is 9.98. The molecule has 0 saturated carbocycles. The average Bonchev–Trinajstić information content (AvgIpc) is 3.09. The maximum Gasteiger partial charge on any atom is 0.417 e. The van der Waals surface area contributed by atoms with Crippen LogP contribution in [0.1, 0.15) is 38.9 Å². The van der Waals surface area contributed by atoms with Gasteiger partial charge >= 0.3 is 6.18 Å². The van der Waals surface area contributed by atoms with Gasteiger partial charge in [0, 0.05) is 6.20 Å². The normalized spacial score (nSPS) is 11.8. The summed E-state index contributed by atoms with van der Waals surface area (Å²) in [4.78, 5) is 17.5. The highest BCUT2D eigenvalue weighted by atomic mass is 35.5. The number of nitrogens with one attached hydrogen (secondary N) is 1. The van der Waals surface area contributed by atoms with E-state index in [1.807, 2.05) is 60.7 Å². The number of hydrogen-bond acceptors (Lipinski definition) is 2. The molecular formula is C23H17ClF3N3O. The highest BCUT2D eigenvalue weighted by molar-refractivity contribution is 6.33. The molecule has 31 heavy (non-hydrogen) atoms. The highest BCUT2D eigenvalue weighted by Gasteiger charge is 2.33. The van der Waals surface area contributed by atoms with Crippen LogP contribution in [-0.2, 0) is 6.18 Å². The van der Waals surface area contributed by atoms with Crippen molar-refractivity contribution in [1.29, 1.82) is 0 Å². The highest BCUT2D eigenvalue weighted by Crippen LogP contribution is 2.33. The summed E-state index contributed by atoms with van der Waals surface area (Å²) in [6.07, 6.45) is -3.77. The first-order chi connectivity index (χ1) is 14.8. The van der Waals surface area contributed by atoms with Crippen molar-refractivity contribution in [2.75, 3.05) is 0 Å². The van der Waals surface area contributed by atoms with E-state index < -0.39 is 23.7 Å². The fraction of sp³-hybridized carbons (Fsp3) is 0.130. The molecule has 0 aliphatic carbocycles. The van der Waals surface area contributed by atoms with Crippen LogP contribution in [0, 0.1) is 6.92 Å². The zero-order valence-corrected chi connectivity index (χ0v) is 17.1. The minimum Gasteiger partial charge on any atom is -0.340 e. The van der Waals surface area contributed by atoms with Crippen molar-refractivity contribution in [2.24, 2.45) is 0 Å². The fourth-order valence-electron chi connectivity index (χ4n) is 3.50. The van der Waals surface area contributed by atoms with Crippen LogP contribution in [0.4, 0.5) is 13.2 Å². The second kappa shape index (κ2) is 8.07. The van der Waals surface area contributed by atoms with Gasteiger partial charge in [0.05, 0.1) is 22.3 Å². The SMILES string of the molecule is Cc1nc2c(Cl)cc(C(F)(F)F)cn2c1C(=O)NC(c1ccccc1)c1ccccc1. The molecule has 4 nitrogen and oxygen atoms in total. The van der Waals surface area contributed by atoms with Gasteiger partial charge in [-0.05, 0) is 24.1 Å². The summed E-state index contributed by atoms with van der Waals surface area (Å²) in [5.41, 5.74) is 1.08. The van der Waals surface area contributed by atoms with Crippen molar-refractivity contribution in [2.45, 2.75) is 19.1 Å². The summed E-state index contributed by atoms with van der Waals surface area (Å²) in [6, 6.07) is 18.9. The predicted octanol–water partition coefficient (Wildman–Crippen LogP) is 5.83. The van der Waals surface area contributed by atoms with Gasteiger partial charge in [-0.1, -0.05) is 72.3 Å². The van der Waals surface area contributed by atoms with E-state index in [0.29, 0.717) is 0 Å². The number of benzene rings is 2. The Labute approximate surface area is 181 Å². The van der Waals surface area contributed by atoms with Crippen LogP contribution >= 0.6 is 11.6 Å². The number of carbonyl (C=O) groups excluding carboxylic acids is 1. The van der Waals surface area contributed by atoms with E-state index in [2.05, 4.69) is 10.3 Å². The molecule has 1 amide bonds. The number of alkyl halides is 3. The van der Waals surface area contributed by atoms with E-state index in [-0.39, 0.29) is 22.1 Å². The molecule has 0 aliphatic rings. The molecule has 4 aromatic rings. The summed E-state index contributed by atoms with van der Waals surface area (Å²) < 4.78 is 41.0. The second-order valence-corrected chi connectivity index (χ2v) is 7.45. The molecule has 0 unspecified atom stereocenters. The Balaban J connectivity index is 1.79. The Morgan fingerprint density at radius 1 is 1.03 bits per heavy atom. The molecule has 0 spiro atoms. The third-order valence-electron chi connectivity index (χ3n) is 4.93. The van der Waals surface area contributed by atoms with Crippen LogP contribution < -0.4 is 5.32 Å². The van der Waals surface area contributed by atoms with Gasteiger partial charge < -0.3 is 5.32 Å². The summed E-state index contributed by atoms with van der Waals surface area (Å²) in [5, 5.41) is 2.76. The molecule has 2 heterocycles. The van der Waals surface area contributed by atoms with Gasteiger partial charge in [0.25, 0.3) is 5.91 Å². The molecule has 0 radical (unpaired) electrons. The van der Waals surface area contributed by atoms with E-state index in [9.17, 15) is 18.0 Å². The van der Waals surface area contributed by atoms with Crippen molar-refractivity contribution < 1.29 is 18.0 Å². The van der Waals surface area contributed by atoms with E-state index in [4.69, 9.17) is 11.6 Å². The molecule has 1 N–H and O–H groups in total. The number of nitrogens with zero attached hydrogens (tertiary/aromatic N) is 2. The third kappa shape index (κ3) is 4.14. The van der Waals surface area contributed by atoms with Crippen LogP contribution in [0.3, 0.4) is 0 Å². The standard InChI is InChI=1S/C23H17ClF3N3O/c1-14-20(30-13-17(23(25,26)27)12-18(24)21(30)28-14)22(31)29-19(15-8-4-2-5-9-15)16-10-6-3-7-11-16/h2-13,19H,1H3,(H,29,31). The van der Waals surface area contributed by atoms with Gasteiger partial charge in [0.2, 0.25) is 0 Å². The molecule has 2 aromatic heterocycles. The first-order valence-electron chi connectivity index (χ1n) is 9.42. The number of aryl methyl sites for hydroxylation is 1. The molecule has 0 aliphatic heterocycles. The number of aromatic nitrogens is 2. The van der Waals surface area contributed by atoms with Crippen LogP contribution in [-0.4, -0.2) is 15.3 Å². The van der Waals surface area contributed by atoms with E-state index in [0.717, 1.165) is 27.8 Å². The molecule has 2 aromatic carbocycles. The first-order valence-corrected chi connectivity index (χ1v) is 9.79. The summed E-state index contributed by atoms with van der Waals surface area (Å²) in [7, 11) is 0. The van der Waals surface area contributed by atoms with Crippen molar-refractivity contribution in [1.82, 2.24) is 14.7 Å². The first kappa shape index (κ1) is 20.9. The number of fused-ring (bicyclic) bond motifs is 1. The number of amides is 1. The predicted molar refractivity (Wildman–Crippen MR) is 112 cm³/mol. The Morgan fingerprint density at radius 2 is 1.58 bits per heavy atom. The molecule has 0 atom stereocenters. The van der Waals surface area contributed by atoms with Gasteiger partial charge in [-0.2, -0.15) is 13.2 Å². The zero-order valence-electron chi connectivity index (χ0n) is 16.3. The lowest BCUT2D eigenvalue weighted by molar-refractivity contribution is -0.137. The topological polar surface area (TPSA) is 46.4 Å². The quantitative estimate of drug-likeness (QED) is 0.431. The van der Waals surface area contributed by atoms with Crippen LogP contribution in [0.2, 0.25) is 5.02 Å². The monoisotopic (exact) mass is 443 g/mol. The van der Waals surface area contributed by atoms with Gasteiger partial charge in [-0.3, -0.25) is 9.20 Å². The number of hydrogen-bond donors (Lipinski definition) is 1. The lowest BCUT2D eigenvalue weighted by Gasteiger charge is -2.20. The summed E-state index contributed by atoms with van der Waals surface area (Å²) >= 11 is 6.04. The zero-order chi connectivity index (χ0) is 22.2. The molecule has 158 valence electrons. The number of halogens is 4. The van der Waals surface area contributed by atoms with Crippen molar-refractivity contribution in [3.63, 3.8) is 0 Å². The Kier molecular flexibility index (Phi) is 5.45. The summed E-state index contributed by atoms with van der Waals surface area (Å²) in [5.74, 6) is -0.557. The molecule has 8 heteroatoms. The Bertz CT molecular complexity index is 1200. The van der Waals surface area contributed by atoms with Gasteiger partial charge in [0.15, 0.2) is 5.65 Å². The second-order valence-electron chi connectivity index (χ2n) is 7.04. The third-order valence-corrected chi connectivity index (χ3v) is 5.21. The largest absolute Gasteiger partial charge is 0.417 e. The van der Waals surface area contributed by atoms with Crippen LogP contribution in [0.25, 0.3) is 5.65 Å². The molecule has 0 saturated heterocycles. The Morgan fingerprint density at radius 3 is 2.10 bits per heavy atom. The van der Waals surface area contributed by atoms with E-state index >= 15 is 0 Å². The average molecular weight is 444 g/mol.